The summed E-state index contributed by atoms with van der Waals surface area (Å²) in [4.78, 5) is 2.70. The van der Waals surface area contributed by atoms with E-state index >= 15 is 0 Å². The molecule has 0 bridgehead atoms. The highest BCUT2D eigenvalue weighted by molar-refractivity contribution is 4.76. The summed E-state index contributed by atoms with van der Waals surface area (Å²) in [5.41, 5.74) is 0. The summed E-state index contributed by atoms with van der Waals surface area (Å²) < 4.78 is 0. The Kier molecular flexibility index (Phi) is 7.03. The zero-order valence-electron chi connectivity index (χ0n) is 10.6. The number of piperidine rings is 1. The van der Waals surface area contributed by atoms with E-state index in [1.807, 2.05) is 0 Å². The molecule has 1 aliphatic heterocycles. The Labute approximate surface area is 95.4 Å². The first-order chi connectivity index (χ1) is 7.38. The van der Waals surface area contributed by atoms with E-state index in [2.05, 4.69) is 24.1 Å². The average Bonchev–Trinajstić information content (AvgIpc) is 2.27. The van der Waals surface area contributed by atoms with Gasteiger partial charge in [0.25, 0.3) is 0 Å². The topological polar surface area (TPSA) is 15.3 Å². The van der Waals surface area contributed by atoms with Crippen molar-refractivity contribution in [2.24, 2.45) is 0 Å². The normalized spacial score (nSPS) is 23.2. The second-order valence-corrected chi connectivity index (χ2v) is 4.72. The first-order valence-corrected chi connectivity index (χ1v) is 6.83. The van der Waals surface area contributed by atoms with Crippen LogP contribution in [0.5, 0.6) is 0 Å². The average molecular weight is 212 g/mol. The molecule has 1 heterocycles. The fraction of sp³-hybridized carbons (Fsp3) is 1.00. The molecule has 1 N–H and O–H groups in total. The van der Waals surface area contributed by atoms with Gasteiger partial charge < -0.3 is 5.32 Å². The van der Waals surface area contributed by atoms with Crippen LogP contribution >= 0.6 is 0 Å². The van der Waals surface area contributed by atoms with Crippen LogP contribution in [0.2, 0.25) is 0 Å². The summed E-state index contributed by atoms with van der Waals surface area (Å²) in [6.07, 6.45) is 8.27. The van der Waals surface area contributed by atoms with E-state index in [1.165, 1.54) is 64.7 Å². The molecule has 0 aliphatic carbocycles. The molecule has 0 spiro atoms. The van der Waals surface area contributed by atoms with Crippen molar-refractivity contribution >= 4 is 0 Å². The van der Waals surface area contributed by atoms with Gasteiger partial charge in [0.2, 0.25) is 0 Å². The van der Waals surface area contributed by atoms with Gasteiger partial charge in [-0.3, -0.25) is 4.90 Å². The van der Waals surface area contributed by atoms with E-state index in [9.17, 15) is 0 Å². The number of likely N-dealkylation sites (tertiary alicyclic amines) is 1. The molecular weight excluding hydrogens is 184 g/mol. The molecule has 1 unspecified atom stereocenters. The lowest BCUT2D eigenvalue weighted by Gasteiger charge is -2.35. The predicted octanol–water partition coefficient (Wildman–Crippen LogP) is 2.64. The van der Waals surface area contributed by atoms with Crippen molar-refractivity contribution in [3.05, 3.63) is 0 Å². The maximum Gasteiger partial charge on any atom is 0.0110 e. The second kappa shape index (κ2) is 8.12. The number of hydrogen-bond acceptors (Lipinski definition) is 2. The molecule has 1 fully saturated rings. The molecular formula is C13H28N2. The summed E-state index contributed by atoms with van der Waals surface area (Å²) in [5.74, 6) is 0. The molecule has 0 aromatic rings. The van der Waals surface area contributed by atoms with Crippen molar-refractivity contribution < 1.29 is 0 Å². The number of rotatable bonds is 7. The Bertz CT molecular complexity index is 145. The van der Waals surface area contributed by atoms with Crippen molar-refractivity contribution in [2.45, 2.75) is 58.4 Å². The van der Waals surface area contributed by atoms with Crippen molar-refractivity contribution in [3.8, 4) is 0 Å². The quantitative estimate of drug-likeness (QED) is 0.653. The second-order valence-electron chi connectivity index (χ2n) is 4.72. The highest BCUT2D eigenvalue weighted by atomic mass is 15.2. The van der Waals surface area contributed by atoms with Crippen LogP contribution in [0.3, 0.4) is 0 Å². The molecule has 1 atom stereocenters. The van der Waals surface area contributed by atoms with E-state index in [-0.39, 0.29) is 0 Å². The minimum atomic E-state index is 0.882. The molecule has 0 aromatic heterocycles. The molecule has 1 rings (SSSR count). The van der Waals surface area contributed by atoms with Crippen LogP contribution in [-0.4, -0.2) is 37.1 Å². The largest absolute Gasteiger partial charge is 0.315 e. The fourth-order valence-corrected chi connectivity index (χ4v) is 2.54. The standard InChI is InChI=1S/C13H28N2/c1-3-7-13-8-5-6-11-15(13)12-10-14-9-4-2/h13-14H,3-12H2,1-2H3. The molecule has 90 valence electrons. The van der Waals surface area contributed by atoms with Gasteiger partial charge in [0.1, 0.15) is 0 Å². The smallest absolute Gasteiger partial charge is 0.0110 e. The predicted molar refractivity (Wildman–Crippen MR) is 67.3 cm³/mol. The third-order valence-electron chi connectivity index (χ3n) is 3.37. The van der Waals surface area contributed by atoms with Gasteiger partial charge >= 0.3 is 0 Å². The molecule has 2 nitrogen and oxygen atoms in total. The zero-order chi connectivity index (χ0) is 10.9. The van der Waals surface area contributed by atoms with Crippen molar-refractivity contribution in [1.82, 2.24) is 10.2 Å². The molecule has 2 heteroatoms. The molecule has 0 aromatic carbocycles. The Morgan fingerprint density at radius 2 is 2.00 bits per heavy atom. The molecule has 1 aliphatic rings. The van der Waals surface area contributed by atoms with Gasteiger partial charge in [0, 0.05) is 19.1 Å². The van der Waals surface area contributed by atoms with E-state index in [0.717, 1.165) is 6.04 Å². The highest BCUT2D eigenvalue weighted by Gasteiger charge is 2.20. The Hall–Kier alpha value is -0.0800. The summed E-state index contributed by atoms with van der Waals surface area (Å²) in [6.45, 7) is 9.47. The van der Waals surface area contributed by atoms with Gasteiger partial charge in [0.05, 0.1) is 0 Å². The van der Waals surface area contributed by atoms with Crippen LogP contribution in [0, 0.1) is 0 Å². The maximum atomic E-state index is 3.50. The third kappa shape index (κ3) is 4.98. The van der Waals surface area contributed by atoms with E-state index < -0.39 is 0 Å². The summed E-state index contributed by atoms with van der Waals surface area (Å²) in [7, 11) is 0. The third-order valence-corrected chi connectivity index (χ3v) is 3.37. The van der Waals surface area contributed by atoms with Gasteiger partial charge in [-0.15, -0.1) is 0 Å². The fourth-order valence-electron chi connectivity index (χ4n) is 2.54. The van der Waals surface area contributed by atoms with Crippen LogP contribution in [-0.2, 0) is 0 Å². The first kappa shape index (κ1) is 13.0. The lowest BCUT2D eigenvalue weighted by molar-refractivity contribution is 0.140. The maximum absolute atomic E-state index is 3.50. The van der Waals surface area contributed by atoms with Crippen molar-refractivity contribution in [3.63, 3.8) is 0 Å². The van der Waals surface area contributed by atoms with Gasteiger partial charge in [-0.25, -0.2) is 0 Å². The molecule has 0 radical (unpaired) electrons. The lowest BCUT2D eigenvalue weighted by Crippen LogP contribution is -2.43. The number of nitrogens with zero attached hydrogens (tertiary/aromatic N) is 1. The van der Waals surface area contributed by atoms with Gasteiger partial charge in [0.15, 0.2) is 0 Å². The number of hydrogen-bond donors (Lipinski definition) is 1. The van der Waals surface area contributed by atoms with Crippen LogP contribution in [0.15, 0.2) is 0 Å². The van der Waals surface area contributed by atoms with Gasteiger partial charge in [-0.05, 0) is 38.8 Å². The lowest BCUT2D eigenvalue weighted by atomic mass is 9.98. The van der Waals surface area contributed by atoms with E-state index in [1.54, 1.807) is 0 Å². The molecule has 1 saturated heterocycles. The van der Waals surface area contributed by atoms with Crippen LogP contribution in [0.25, 0.3) is 0 Å². The number of nitrogens with one attached hydrogen (secondary N) is 1. The Balaban J connectivity index is 2.17. The van der Waals surface area contributed by atoms with Crippen LogP contribution < -0.4 is 5.32 Å². The molecule has 15 heavy (non-hydrogen) atoms. The summed E-state index contributed by atoms with van der Waals surface area (Å²) in [6, 6.07) is 0.882. The molecule has 0 amide bonds. The monoisotopic (exact) mass is 212 g/mol. The van der Waals surface area contributed by atoms with Gasteiger partial charge in [-0.1, -0.05) is 26.7 Å². The molecule has 0 saturated carbocycles. The van der Waals surface area contributed by atoms with Crippen LogP contribution in [0.4, 0.5) is 0 Å². The minimum absolute atomic E-state index is 0.882. The minimum Gasteiger partial charge on any atom is -0.315 e. The summed E-state index contributed by atoms with van der Waals surface area (Å²) >= 11 is 0. The highest BCUT2D eigenvalue weighted by Crippen LogP contribution is 2.19. The Morgan fingerprint density at radius 1 is 1.13 bits per heavy atom. The van der Waals surface area contributed by atoms with Crippen LogP contribution in [0.1, 0.15) is 52.4 Å². The van der Waals surface area contributed by atoms with Crippen molar-refractivity contribution in [1.29, 1.82) is 0 Å². The summed E-state index contributed by atoms with van der Waals surface area (Å²) in [5, 5.41) is 3.50. The Morgan fingerprint density at radius 3 is 2.73 bits per heavy atom. The van der Waals surface area contributed by atoms with E-state index in [4.69, 9.17) is 0 Å². The zero-order valence-corrected chi connectivity index (χ0v) is 10.6. The SMILES string of the molecule is CCCNCCN1CCCCC1CCC. The van der Waals surface area contributed by atoms with Gasteiger partial charge in [-0.2, -0.15) is 0 Å². The van der Waals surface area contributed by atoms with E-state index in [0.29, 0.717) is 0 Å². The van der Waals surface area contributed by atoms with Crippen molar-refractivity contribution in [2.75, 3.05) is 26.2 Å². The first-order valence-electron chi connectivity index (χ1n) is 6.83.